The molecule has 0 saturated carbocycles. The number of alkyl halides is 3. The van der Waals surface area contributed by atoms with Crippen LogP contribution in [-0.2, 0) is 24.1 Å². The summed E-state index contributed by atoms with van der Waals surface area (Å²) in [5.74, 6) is -0.458. The maximum Gasteiger partial charge on any atom is 0.471 e. The maximum atomic E-state index is 12.4. The van der Waals surface area contributed by atoms with E-state index in [1.54, 1.807) is 6.92 Å². The fourth-order valence-electron chi connectivity index (χ4n) is 3.03. The average molecular weight is 394 g/mol. The first-order valence-electron chi connectivity index (χ1n) is 7.28. The molecule has 0 saturated heterocycles. The Morgan fingerprint density at radius 3 is 2.48 bits per heavy atom. The Morgan fingerprint density at radius 2 is 1.83 bits per heavy atom. The molecular formula is C15H15BrF3NO3. The van der Waals surface area contributed by atoms with Crippen molar-refractivity contribution in [3.8, 4) is 11.5 Å². The summed E-state index contributed by atoms with van der Waals surface area (Å²) in [5, 5.41) is 1.99. The summed E-state index contributed by atoms with van der Waals surface area (Å²) in [6, 6.07) is -0.664. The highest BCUT2D eigenvalue weighted by Crippen LogP contribution is 2.47. The SMILES string of the molecule is C[C@H](Cc1c2c(c(Br)c3c1OCC3)OCC2)NC(=O)C(F)(F)F. The molecule has 3 rings (SSSR count). The minimum atomic E-state index is -4.88. The van der Waals surface area contributed by atoms with E-state index in [0.29, 0.717) is 25.4 Å². The van der Waals surface area contributed by atoms with Crippen LogP contribution >= 0.6 is 15.9 Å². The fourth-order valence-corrected chi connectivity index (χ4v) is 3.76. The van der Waals surface area contributed by atoms with Gasteiger partial charge in [0.15, 0.2) is 0 Å². The molecule has 0 bridgehead atoms. The second-order valence-electron chi connectivity index (χ2n) is 5.68. The van der Waals surface area contributed by atoms with Crippen LogP contribution in [0, 0.1) is 0 Å². The van der Waals surface area contributed by atoms with Gasteiger partial charge in [0.05, 0.1) is 17.7 Å². The molecular weight excluding hydrogens is 379 g/mol. The topological polar surface area (TPSA) is 47.6 Å². The van der Waals surface area contributed by atoms with Gasteiger partial charge in [0.2, 0.25) is 0 Å². The number of hydrogen-bond donors (Lipinski definition) is 1. The van der Waals surface area contributed by atoms with Crippen LogP contribution in [0.3, 0.4) is 0 Å². The van der Waals surface area contributed by atoms with Crippen molar-refractivity contribution in [3.63, 3.8) is 0 Å². The summed E-state index contributed by atoms with van der Waals surface area (Å²) in [6.07, 6.45) is -3.21. The Balaban J connectivity index is 1.88. The molecule has 8 heteroatoms. The van der Waals surface area contributed by atoms with Crippen molar-refractivity contribution < 1.29 is 27.4 Å². The average Bonchev–Trinajstić information content (AvgIpc) is 3.11. The Kier molecular flexibility index (Phi) is 4.20. The van der Waals surface area contributed by atoms with E-state index in [0.717, 1.165) is 33.3 Å². The predicted octanol–water partition coefficient (Wildman–Crippen LogP) is 2.93. The predicted molar refractivity (Wildman–Crippen MR) is 79.9 cm³/mol. The van der Waals surface area contributed by atoms with E-state index in [2.05, 4.69) is 15.9 Å². The third kappa shape index (κ3) is 3.00. The standard InChI is InChI=1S/C15H15BrF3NO3/c1-7(20-14(21)15(17,18)19)6-10-8-2-4-23-13(8)11(16)9-3-5-22-12(9)10/h7H,2-6H2,1H3,(H,20,21)/t7-/m1/s1. The van der Waals surface area contributed by atoms with Crippen molar-refractivity contribution in [3.05, 3.63) is 21.2 Å². The third-order valence-corrected chi connectivity index (χ3v) is 4.83. The van der Waals surface area contributed by atoms with E-state index in [-0.39, 0.29) is 6.42 Å². The first kappa shape index (κ1) is 16.4. The lowest BCUT2D eigenvalue weighted by molar-refractivity contribution is -0.174. The quantitative estimate of drug-likeness (QED) is 0.858. The molecule has 0 fully saturated rings. The molecule has 0 aromatic heterocycles. The monoisotopic (exact) mass is 393 g/mol. The summed E-state index contributed by atoms with van der Waals surface area (Å²) in [6.45, 7) is 2.62. The zero-order valence-electron chi connectivity index (χ0n) is 12.3. The Labute approximate surface area is 139 Å². The van der Waals surface area contributed by atoms with Crippen LogP contribution in [0.2, 0.25) is 0 Å². The molecule has 1 amide bonds. The Hall–Kier alpha value is -1.44. The summed E-state index contributed by atoms with van der Waals surface area (Å²) in [7, 11) is 0. The molecule has 0 unspecified atom stereocenters. The molecule has 0 radical (unpaired) electrons. The van der Waals surface area contributed by atoms with E-state index in [1.807, 2.05) is 5.32 Å². The first-order valence-corrected chi connectivity index (χ1v) is 8.07. The van der Waals surface area contributed by atoms with Crippen molar-refractivity contribution in [1.29, 1.82) is 0 Å². The largest absolute Gasteiger partial charge is 0.493 e. The van der Waals surface area contributed by atoms with Crippen LogP contribution in [0.15, 0.2) is 4.47 Å². The smallest absolute Gasteiger partial charge is 0.471 e. The minimum absolute atomic E-state index is 0.267. The molecule has 1 aromatic rings. The lowest BCUT2D eigenvalue weighted by Crippen LogP contribution is -2.42. The number of amides is 1. The molecule has 2 heterocycles. The maximum absolute atomic E-state index is 12.4. The Bertz CT molecular complexity index is 625. The second kappa shape index (κ2) is 5.89. The van der Waals surface area contributed by atoms with Crippen molar-refractivity contribution in [2.45, 2.75) is 38.4 Å². The van der Waals surface area contributed by atoms with Crippen LogP contribution in [0.25, 0.3) is 0 Å². The number of nitrogens with one attached hydrogen (secondary N) is 1. The van der Waals surface area contributed by atoms with Crippen LogP contribution in [0.5, 0.6) is 11.5 Å². The first-order chi connectivity index (χ1) is 10.8. The van der Waals surface area contributed by atoms with E-state index < -0.39 is 18.1 Å². The van der Waals surface area contributed by atoms with E-state index in [1.165, 1.54) is 0 Å². The van der Waals surface area contributed by atoms with Crippen molar-refractivity contribution in [2.24, 2.45) is 0 Å². The van der Waals surface area contributed by atoms with Gasteiger partial charge in [0.25, 0.3) is 0 Å². The lowest BCUT2D eigenvalue weighted by Gasteiger charge is -2.19. The van der Waals surface area contributed by atoms with Gasteiger partial charge in [-0.25, -0.2) is 0 Å². The van der Waals surface area contributed by atoms with E-state index >= 15 is 0 Å². The molecule has 0 aliphatic carbocycles. The number of benzene rings is 1. The van der Waals surface area contributed by atoms with Gasteiger partial charge in [-0.15, -0.1) is 0 Å². The van der Waals surface area contributed by atoms with Crippen molar-refractivity contribution in [1.82, 2.24) is 5.32 Å². The molecule has 126 valence electrons. The number of carbonyl (C=O) groups excluding carboxylic acids is 1. The van der Waals surface area contributed by atoms with Gasteiger partial charge in [0, 0.05) is 35.6 Å². The third-order valence-electron chi connectivity index (χ3n) is 3.99. The summed E-state index contributed by atoms with van der Waals surface area (Å²) in [5.41, 5.74) is 2.77. The zero-order valence-corrected chi connectivity index (χ0v) is 13.9. The van der Waals surface area contributed by atoms with Crippen LogP contribution in [0.4, 0.5) is 13.2 Å². The Morgan fingerprint density at radius 1 is 1.22 bits per heavy atom. The lowest BCUT2D eigenvalue weighted by atomic mass is 9.95. The van der Waals surface area contributed by atoms with Gasteiger partial charge in [0.1, 0.15) is 11.5 Å². The highest BCUT2D eigenvalue weighted by atomic mass is 79.9. The van der Waals surface area contributed by atoms with Crippen LogP contribution < -0.4 is 14.8 Å². The van der Waals surface area contributed by atoms with Gasteiger partial charge in [-0.05, 0) is 29.3 Å². The van der Waals surface area contributed by atoms with Gasteiger partial charge in [-0.1, -0.05) is 0 Å². The van der Waals surface area contributed by atoms with Gasteiger partial charge in [-0.2, -0.15) is 13.2 Å². The van der Waals surface area contributed by atoms with Gasteiger partial charge < -0.3 is 14.8 Å². The van der Waals surface area contributed by atoms with Crippen LogP contribution in [0.1, 0.15) is 23.6 Å². The molecule has 4 nitrogen and oxygen atoms in total. The molecule has 23 heavy (non-hydrogen) atoms. The van der Waals surface area contributed by atoms with E-state index in [4.69, 9.17) is 9.47 Å². The van der Waals surface area contributed by atoms with Crippen LogP contribution in [-0.4, -0.2) is 31.3 Å². The molecule has 1 N–H and O–H groups in total. The van der Waals surface area contributed by atoms with Crippen molar-refractivity contribution in [2.75, 3.05) is 13.2 Å². The summed E-state index contributed by atoms with van der Waals surface area (Å²) in [4.78, 5) is 11.1. The molecule has 0 spiro atoms. The van der Waals surface area contributed by atoms with Crippen molar-refractivity contribution >= 4 is 21.8 Å². The number of carbonyl (C=O) groups is 1. The summed E-state index contributed by atoms with van der Waals surface area (Å²) >= 11 is 3.53. The highest BCUT2D eigenvalue weighted by Gasteiger charge is 2.39. The molecule has 2 aliphatic rings. The fraction of sp³-hybridized carbons (Fsp3) is 0.533. The zero-order chi connectivity index (χ0) is 16.8. The summed E-state index contributed by atoms with van der Waals surface area (Å²) < 4.78 is 49.3. The molecule has 1 aromatic carbocycles. The van der Waals surface area contributed by atoms with E-state index in [9.17, 15) is 18.0 Å². The highest BCUT2D eigenvalue weighted by molar-refractivity contribution is 9.10. The number of rotatable bonds is 3. The molecule has 1 atom stereocenters. The normalized spacial score (nSPS) is 17.1. The molecule has 2 aliphatic heterocycles. The number of ether oxygens (including phenoxy) is 2. The number of halogens is 4. The number of fused-ring (bicyclic) bond motifs is 2. The van der Waals surface area contributed by atoms with Gasteiger partial charge in [-0.3, -0.25) is 4.79 Å². The van der Waals surface area contributed by atoms with Gasteiger partial charge >= 0.3 is 12.1 Å². The second-order valence-corrected chi connectivity index (χ2v) is 6.47. The minimum Gasteiger partial charge on any atom is -0.493 e. The number of hydrogen-bond acceptors (Lipinski definition) is 3.